The van der Waals surface area contributed by atoms with Gasteiger partial charge in [-0.05, 0) is 126 Å². The van der Waals surface area contributed by atoms with Crippen LogP contribution in [0.5, 0.6) is 0 Å². The minimum atomic E-state index is 0.861. The molecule has 0 spiro atoms. The van der Waals surface area contributed by atoms with Crippen LogP contribution >= 0.6 is 90.4 Å². The van der Waals surface area contributed by atoms with Gasteiger partial charge in [-0.3, -0.25) is 9.97 Å². The van der Waals surface area contributed by atoms with Gasteiger partial charge in [-0.15, -0.1) is 0 Å². The molecule has 0 bridgehead atoms. The van der Waals surface area contributed by atoms with Crippen LogP contribution in [0.3, 0.4) is 0 Å². The number of pyridine rings is 2. The van der Waals surface area contributed by atoms with E-state index in [1.807, 2.05) is 60.7 Å². The fraction of sp³-hybridized carbons (Fsp3) is 0. The van der Waals surface area contributed by atoms with Crippen LogP contribution in [0.4, 0.5) is 0 Å². The summed E-state index contributed by atoms with van der Waals surface area (Å²) in [4.78, 5) is 8.78. The van der Waals surface area contributed by atoms with Crippen molar-refractivity contribution < 1.29 is 0 Å². The number of fused-ring (bicyclic) bond motifs is 2. The van der Waals surface area contributed by atoms with Crippen LogP contribution < -0.4 is 0 Å². The molecule has 0 aliphatic rings. The molecule has 2 nitrogen and oxygen atoms in total. The zero-order chi connectivity index (χ0) is 21.3. The van der Waals surface area contributed by atoms with Gasteiger partial charge in [0.15, 0.2) is 0 Å². The van der Waals surface area contributed by atoms with Crippen LogP contribution in [0.15, 0.2) is 76.2 Å². The van der Waals surface area contributed by atoms with Crippen molar-refractivity contribution >= 4 is 112 Å². The maximum Gasteiger partial charge on any atom is 0.0709 e. The summed E-state index contributed by atoms with van der Waals surface area (Å²) in [5.41, 5.74) is 3.66. The molecule has 0 aliphatic carbocycles. The Hall–Kier alpha value is -0.960. The molecule has 2 heterocycles. The summed E-state index contributed by atoms with van der Waals surface area (Å²) in [5.74, 6) is 11.8. The van der Waals surface area contributed by atoms with Crippen molar-refractivity contribution in [3.63, 3.8) is 0 Å². The summed E-state index contributed by atoms with van der Waals surface area (Å²) in [6, 6.07) is 20.0. The van der Waals surface area contributed by atoms with E-state index >= 15 is 0 Å². The van der Waals surface area contributed by atoms with Gasteiger partial charge in [0.25, 0.3) is 0 Å². The third kappa shape index (κ3) is 7.32. The van der Waals surface area contributed by atoms with E-state index < -0.39 is 0 Å². The molecule has 0 radical (unpaired) electrons. The lowest BCUT2D eigenvalue weighted by atomic mass is 10.1. The van der Waals surface area contributed by atoms with Crippen molar-refractivity contribution in [2.75, 3.05) is 0 Å². The predicted octanol–water partition coefficient (Wildman–Crippen LogP) is 8.04. The van der Waals surface area contributed by atoms with Crippen LogP contribution in [0, 0.1) is 23.7 Å². The number of halogens is 4. The van der Waals surface area contributed by atoms with Gasteiger partial charge in [-0.25, -0.2) is 0 Å². The van der Waals surface area contributed by atoms with Crippen molar-refractivity contribution in [3.8, 4) is 23.7 Å². The highest BCUT2D eigenvalue weighted by Crippen LogP contribution is 2.29. The summed E-state index contributed by atoms with van der Waals surface area (Å²) in [5, 5.41) is 2.16. The minimum absolute atomic E-state index is 0.861. The Labute approximate surface area is 230 Å². The molecule has 30 heavy (non-hydrogen) atoms. The standard InChI is InChI=1S/C22H12N2.C2I4/c1(7-17-13-19-9-3-5-11-21(19)23-15-17)2-8-18-14-20-10-4-6-12-22(20)24-16-18;3-1(4)2(5)6/h3-6,9-16H;. The molecule has 6 heteroatoms. The lowest BCUT2D eigenvalue weighted by Crippen LogP contribution is -1.81. The number of benzene rings is 2. The van der Waals surface area contributed by atoms with Gasteiger partial charge in [0.2, 0.25) is 0 Å². The smallest absolute Gasteiger partial charge is 0.0709 e. The van der Waals surface area contributed by atoms with E-state index in [0.717, 1.165) is 32.9 Å². The maximum atomic E-state index is 4.39. The molecule has 2 aromatic carbocycles. The zero-order valence-corrected chi connectivity index (χ0v) is 24.0. The summed E-state index contributed by atoms with van der Waals surface area (Å²) < 4.78 is 2.68. The molecule has 0 N–H and O–H groups in total. The lowest BCUT2D eigenvalue weighted by Gasteiger charge is -1.96. The van der Waals surface area contributed by atoms with E-state index in [2.05, 4.69) is 124 Å². The average molecular weight is 836 g/mol. The van der Waals surface area contributed by atoms with E-state index in [9.17, 15) is 0 Å². The van der Waals surface area contributed by atoms with Crippen LogP contribution in [0.25, 0.3) is 21.8 Å². The molecular weight excluding hydrogens is 824 g/mol. The normalized spacial score (nSPS) is 9.47. The molecule has 2 aromatic heterocycles. The molecule has 0 saturated carbocycles. The van der Waals surface area contributed by atoms with Gasteiger partial charge in [0.1, 0.15) is 0 Å². The second-order valence-corrected chi connectivity index (χ2v) is 14.3. The third-order valence-corrected chi connectivity index (χ3v) is 10.1. The van der Waals surface area contributed by atoms with E-state index in [-0.39, 0.29) is 0 Å². The first-order chi connectivity index (χ1) is 14.5. The highest BCUT2D eigenvalue weighted by atomic mass is 127. The molecular formula is C24H12I4N2. The molecule has 4 aromatic rings. The summed E-state index contributed by atoms with van der Waals surface area (Å²) in [7, 11) is 0. The van der Waals surface area contributed by atoms with Gasteiger partial charge >= 0.3 is 0 Å². The fourth-order valence-electron chi connectivity index (χ4n) is 2.49. The lowest BCUT2D eigenvalue weighted by molar-refractivity contribution is 1.39. The van der Waals surface area contributed by atoms with Crippen molar-refractivity contribution in [2.45, 2.75) is 0 Å². The van der Waals surface area contributed by atoms with Gasteiger partial charge in [-0.2, -0.15) is 0 Å². The van der Waals surface area contributed by atoms with Crippen LogP contribution in [-0.2, 0) is 0 Å². The van der Waals surface area contributed by atoms with Gasteiger partial charge in [0.05, 0.1) is 14.2 Å². The Morgan fingerprint density at radius 2 is 1.00 bits per heavy atom. The van der Waals surface area contributed by atoms with Gasteiger partial charge in [-0.1, -0.05) is 48.2 Å². The Morgan fingerprint density at radius 3 is 1.40 bits per heavy atom. The Bertz CT molecular complexity index is 1240. The van der Waals surface area contributed by atoms with Crippen LogP contribution in [0.1, 0.15) is 11.1 Å². The van der Waals surface area contributed by atoms with E-state index in [0.29, 0.717) is 0 Å². The fourth-order valence-corrected chi connectivity index (χ4v) is 2.49. The highest BCUT2D eigenvalue weighted by molar-refractivity contribution is 14.2. The second kappa shape index (κ2) is 12.2. The molecule has 0 unspecified atom stereocenters. The molecule has 0 saturated heterocycles. The number of nitrogens with zero attached hydrogens (tertiary/aromatic N) is 2. The molecule has 0 amide bonds. The van der Waals surface area contributed by atoms with Crippen molar-refractivity contribution in [1.29, 1.82) is 0 Å². The van der Waals surface area contributed by atoms with E-state index in [1.54, 1.807) is 12.4 Å². The number of para-hydroxylation sites is 2. The highest BCUT2D eigenvalue weighted by Gasteiger charge is 1.95. The predicted molar refractivity (Wildman–Crippen MR) is 160 cm³/mol. The van der Waals surface area contributed by atoms with Crippen molar-refractivity contribution in [1.82, 2.24) is 9.97 Å². The quantitative estimate of drug-likeness (QED) is 0.133. The maximum absolute atomic E-state index is 4.39. The Balaban J connectivity index is 0.000000377. The molecule has 0 atom stereocenters. The first-order valence-electron chi connectivity index (χ1n) is 8.61. The SMILES string of the molecule is C(C#Cc1cnc2ccccc2c1)#Cc1cnc2ccccc2c1.IC(I)=C(I)I. The van der Waals surface area contributed by atoms with E-state index in [1.165, 1.54) is 3.17 Å². The first-order valence-corrected chi connectivity index (χ1v) is 12.9. The van der Waals surface area contributed by atoms with Gasteiger partial charge < -0.3 is 0 Å². The summed E-state index contributed by atoms with van der Waals surface area (Å²) >= 11 is 9.13. The van der Waals surface area contributed by atoms with Crippen molar-refractivity contribution in [2.24, 2.45) is 0 Å². The average Bonchev–Trinajstić information content (AvgIpc) is 2.77. The van der Waals surface area contributed by atoms with Crippen molar-refractivity contribution in [3.05, 3.63) is 87.4 Å². The number of rotatable bonds is 0. The monoisotopic (exact) mass is 836 g/mol. The minimum Gasteiger partial charge on any atom is -0.255 e. The first kappa shape index (κ1) is 23.7. The third-order valence-electron chi connectivity index (χ3n) is 3.80. The second-order valence-electron chi connectivity index (χ2n) is 5.85. The molecule has 146 valence electrons. The molecule has 0 fully saturated rings. The number of aromatic nitrogens is 2. The van der Waals surface area contributed by atoms with Gasteiger partial charge in [0, 0.05) is 34.3 Å². The Kier molecular flexibility index (Phi) is 9.62. The van der Waals surface area contributed by atoms with Crippen LogP contribution in [-0.4, -0.2) is 9.97 Å². The zero-order valence-electron chi connectivity index (χ0n) is 15.3. The molecule has 0 aliphatic heterocycles. The van der Waals surface area contributed by atoms with E-state index in [4.69, 9.17) is 0 Å². The number of hydrogen-bond acceptors (Lipinski definition) is 2. The largest absolute Gasteiger partial charge is 0.255 e. The molecule has 4 rings (SSSR count). The summed E-state index contributed by atoms with van der Waals surface area (Å²) in [6.45, 7) is 0. The number of hydrogen-bond donors (Lipinski definition) is 0. The summed E-state index contributed by atoms with van der Waals surface area (Å²) in [6.07, 6.45) is 3.54. The topological polar surface area (TPSA) is 25.8 Å². The Morgan fingerprint density at radius 1 is 0.600 bits per heavy atom. The van der Waals surface area contributed by atoms with Crippen LogP contribution in [0.2, 0.25) is 0 Å².